The Morgan fingerprint density at radius 1 is 1.35 bits per heavy atom. The van der Waals surface area contributed by atoms with Gasteiger partial charge < -0.3 is 5.32 Å². The summed E-state index contributed by atoms with van der Waals surface area (Å²) in [5.41, 5.74) is 0.0441. The highest BCUT2D eigenvalue weighted by molar-refractivity contribution is 9.10. The van der Waals surface area contributed by atoms with E-state index in [2.05, 4.69) is 21.2 Å². The Bertz CT molecular complexity index is 378. The van der Waals surface area contributed by atoms with Crippen molar-refractivity contribution in [1.29, 1.82) is 0 Å². The molecule has 0 aromatic heterocycles. The maximum Gasteiger partial charge on any atom is 0.404 e. The van der Waals surface area contributed by atoms with Crippen LogP contribution in [0.1, 0.15) is 12.5 Å². The maximum atomic E-state index is 13.3. The summed E-state index contributed by atoms with van der Waals surface area (Å²) in [6, 6.07) is 2.25. The van der Waals surface area contributed by atoms with Gasteiger partial charge in [0.25, 0.3) is 0 Å². The lowest BCUT2D eigenvalue weighted by Gasteiger charge is -2.21. The molecule has 0 aliphatic heterocycles. The first kappa shape index (κ1) is 14.4. The number of likely N-dealkylation sites (N-methyl/N-ethyl adjacent to an activating group) is 1. The van der Waals surface area contributed by atoms with E-state index in [1.807, 2.05) is 0 Å². The minimum absolute atomic E-state index is 0.0441. The molecule has 96 valence electrons. The zero-order chi connectivity index (χ0) is 13.1. The van der Waals surface area contributed by atoms with Crippen LogP contribution >= 0.6 is 15.9 Å². The van der Waals surface area contributed by atoms with E-state index >= 15 is 0 Å². The van der Waals surface area contributed by atoms with Crippen molar-refractivity contribution in [2.75, 3.05) is 6.54 Å². The Labute approximate surface area is 105 Å². The standard InChI is InChI=1S/C11H12BrF4N/c1-2-17-10(11(14,15)16)6-7-5-8(12)3-4-9(7)13/h3-5,10,17H,2,6H2,1H3. The Morgan fingerprint density at radius 2 is 2.00 bits per heavy atom. The van der Waals surface area contributed by atoms with Crippen molar-refractivity contribution in [1.82, 2.24) is 5.32 Å². The van der Waals surface area contributed by atoms with Gasteiger partial charge in [-0.2, -0.15) is 13.2 Å². The first-order chi connectivity index (χ1) is 7.84. The molecule has 0 spiro atoms. The van der Waals surface area contributed by atoms with Gasteiger partial charge >= 0.3 is 6.18 Å². The number of rotatable bonds is 4. The van der Waals surface area contributed by atoms with Crippen LogP contribution in [0.15, 0.2) is 22.7 Å². The quantitative estimate of drug-likeness (QED) is 0.836. The minimum Gasteiger partial charge on any atom is -0.306 e. The molecular weight excluding hydrogens is 302 g/mol. The van der Waals surface area contributed by atoms with Gasteiger partial charge in [-0.3, -0.25) is 0 Å². The largest absolute Gasteiger partial charge is 0.404 e. The van der Waals surface area contributed by atoms with Crippen molar-refractivity contribution in [3.05, 3.63) is 34.1 Å². The predicted molar refractivity (Wildman–Crippen MR) is 61.3 cm³/mol. The van der Waals surface area contributed by atoms with E-state index in [9.17, 15) is 17.6 Å². The normalized spacial score (nSPS) is 13.8. The molecule has 1 aromatic carbocycles. The van der Waals surface area contributed by atoms with Crippen LogP contribution in [0.2, 0.25) is 0 Å². The monoisotopic (exact) mass is 313 g/mol. The van der Waals surface area contributed by atoms with E-state index in [-0.39, 0.29) is 12.1 Å². The molecule has 0 heterocycles. The van der Waals surface area contributed by atoms with Crippen LogP contribution in [0.5, 0.6) is 0 Å². The van der Waals surface area contributed by atoms with Crippen molar-refractivity contribution in [3.8, 4) is 0 Å². The summed E-state index contributed by atoms with van der Waals surface area (Å²) in [6.45, 7) is 1.76. The van der Waals surface area contributed by atoms with Gasteiger partial charge in [0.2, 0.25) is 0 Å². The van der Waals surface area contributed by atoms with E-state index in [1.54, 1.807) is 6.92 Å². The molecule has 0 fully saturated rings. The van der Waals surface area contributed by atoms with Crippen LogP contribution < -0.4 is 5.32 Å². The van der Waals surface area contributed by atoms with Crippen LogP contribution in [0.3, 0.4) is 0 Å². The highest BCUT2D eigenvalue weighted by Crippen LogP contribution is 2.25. The summed E-state index contributed by atoms with van der Waals surface area (Å²) in [5.74, 6) is -0.625. The molecule has 1 aromatic rings. The number of benzene rings is 1. The SMILES string of the molecule is CCNC(Cc1cc(Br)ccc1F)C(F)(F)F. The molecule has 0 radical (unpaired) electrons. The molecular formula is C11H12BrF4N. The van der Waals surface area contributed by atoms with Crippen LogP contribution in [-0.2, 0) is 6.42 Å². The minimum atomic E-state index is -4.38. The molecule has 0 saturated heterocycles. The van der Waals surface area contributed by atoms with Gasteiger partial charge in [-0.15, -0.1) is 0 Å². The lowest BCUT2D eigenvalue weighted by molar-refractivity contribution is -0.155. The topological polar surface area (TPSA) is 12.0 Å². The third-order valence-corrected chi connectivity index (χ3v) is 2.77. The summed E-state index contributed by atoms with van der Waals surface area (Å²) in [4.78, 5) is 0. The van der Waals surface area contributed by atoms with Crippen LogP contribution in [-0.4, -0.2) is 18.8 Å². The molecule has 1 atom stereocenters. The molecule has 1 nitrogen and oxygen atoms in total. The second-order valence-corrected chi connectivity index (χ2v) is 4.51. The van der Waals surface area contributed by atoms with Crippen molar-refractivity contribution < 1.29 is 17.6 Å². The molecule has 6 heteroatoms. The van der Waals surface area contributed by atoms with Crippen molar-refractivity contribution in [3.63, 3.8) is 0 Å². The molecule has 0 saturated carbocycles. The van der Waals surface area contributed by atoms with E-state index in [0.29, 0.717) is 4.47 Å². The Hall–Kier alpha value is -0.620. The molecule has 0 bridgehead atoms. The number of halogens is 5. The van der Waals surface area contributed by atoms with E-state index in [0.717, 1.165) is 6.07 Å². The second kappa shape index (κ2) is 5.82. The maximum absolute atomic E-state index is 13.3. The molecule has 1 unspecified atom stereocenters. The van der Waals surface area contributed by atoms with Crippen LogP contribution in [0.25, 0.3) is 0 Å². The lowest BCUT2D eigenvalue weighted by Crippen LogP contribution is -2.43. The van der Waals surface area contributed by atoms with Crippen LogP contribution in [0.4, 0.5) is 17.6 Å². The Kier molecular flexibility index (Phi) is 4.94. The smallest absolute Gasteiger partial charge is 0.306 e. The number of hydrogen-bond donors (Lipinski definition) is 1. The molecule has 1 rings (SSSR count). The van der Waals surface area contributed by atoms with Gasteiger partial charge in [0.05, 0.1) is 0 Å². The predicted octanol–water partition coefficient (Wildman–Crippen LogP) is 3.67. The summed E-state index contributed by atoms with van der Waals surface area (Å²) in [6.07, 6.45) is -4.80. The molecule has 17 heavy (non-hydrogen) atoms. The fourth-order valence-corrected chi connectivity index (χ4v) is 1.88. The average molecular weight is 314 g/mol. The highest BCUT2D eigenvalue weighted by atomic mass is 79.9. The molecule has 0 aliphatic carbocycles. The highest BCUT2D eigenvalue weighted by Gasteiger charge is 2.39. The van der Waals surface area contributed by atoms with E-state index in [4.69, 9.17) is 0 Å². The Balaban J connectivity index is 2.89. The van der Waals surface area contributed by atoms with E-state index < -0.39 is 24.5 Å². The molecule has 1 N–H and O–H groups in total. The second-order valence-electron chi connectivity index (χ2n) is 3.59. The van der Waals surface area contributed by atoms with E-state index in [1.165, 1.54) is 12.1 Å². The number of alkyl halides is 3. The first-order valence-electron chi connectivity index (χ1n) is 5.08. The zero-order valence-electron chi connectivity index (χ0n) is 9.11. The molecule has 0 amide bonds. The first-order valence-corrected chi connectivity index (χ1v) is 5.88. The fourth-order valence-electron chi connectivity index (χ4n) is 1.47. The third-order valence-electron chi connectivity index (χ3n) is 2.28. The summed E-state index contributed by atoms with van der Waals surface area (Å²) >= 11 is 3.11. The van der Waals surface area contributed by atoms with Gasteiger partial charge in [-0.1, -0.05) is 22.9 Å². The number of nitrogens with one attached hydrogen (secondary N) is 1. The van der Waals surface area contributed by atoms with Crippen LogP contribution in [0, 0.1) is 5.82 Å². The average Bonchev–Trinajstić information content (AvgIpc) is 2.21. The van der Waals surface area contributed by atoms with Gasteiger partial charge in [-0.05, 0) is 36.7 Å². The molecule has 0 aliphatic rings. The fraction of sp³-hybridized carbons (Fsp3) is 0.455. The Morgan fingerprint density at radius 3 is 2.53 bits per heavy atom. The van der Waals surface area contributed by atoms with Crippen molar-refractivity contribution in [2.24, 2.45) is 0 Å². The summed E-state index contributed by atoms with van der Waals surface area (Å²) < 4.78 is 51.8. The summed E-state index contributed by atoms with van der Waals surface area (Å²) in [5, 5.41) is 2.31. The lowest BCUT2D eigenvalue weighted by atomic mass is 10.0. The summed E-state index contributed by atoms with van der Waals surface area (Å²) in [7, 11) is 0. The number of hydrogen-bond acceptors (Lipinski definition) is 1. The van der Waals surface area contributed by atoms with Gasteiger partial charge in [-0.25, -0.2) is 4.39 Å². The van der Waals surface area contributed by atoms with Crippen molar-refractivity contribution in [2.45, 2.75) is 25.6 Å². The van der Waals surface area contributed by atoms with Gasteiger partial charge in [0.15, 0.2) is 0 Å². The van der Waals surface area contributed by atoms with Crippen molar-refractivity contribution >= 4 is 15.9 Å². The van der Waals surface area contributed by atoms with Gasteiger partial charge in [0.1, 0.15) is 11.9 Å². The third kappa shape index (κ3) is 4.27. The van der Waals surface area contributed by atoms with Gasteiger partial charge in [0, 0.05) is 4.47 Å². The zero-order valence-corrected chi connectivity index (χ0v) is 10.7.